The van der Waals surface area contributed by atoms with Gasteiger partial charge in [-0.2, -0.15) is 0 Å². The lowest BCUT2D eigenvalue weighted by atomic mass is 9.87. The molecule has 3 fully saturated rings. The third-order valence-corrected chi connectivity index (χ3v) is 12.4. The number of alkyl carbamates (subject to hydrolysis) is 1. The first-order chi connectivity index (χ1) is 25.6. The zero-order valence-electron chi connectivity index (χ0n) is 31.4. The number of amides is 2. The topological polar surface area (TPSA) is 139 Å². The lowest BCUT2D eigenvalue weighted by Crippen LogP contribution is -2.51. The predicted octanol–water partition coefficient (Wildman–Crippen LogP) is 6.88. The molecule has 3 aliphatic carbocycles. The Morgan fingerprint density at radius 2 is 2.00 bits per heavy atom. The molecule has 7 unspecified atom stereocenters. The Bertz CT molecular complexity index is 1960. The number of nitrogens with one attached hydrogen (secondary N) is 3. The minimum Gasteiger partial charge on any atom is -0.453 e. The van der Waals surface area contributed by atoms with E-state index in [0.29, 0.717) is 30.7 Å². The van der Waals surface area contributed by atoms with Crippen LogP contribution in [0.5, 0.6) is 0 Å². The van der Waals surface area contributed by atoms with Gasteiger partial charge in [0.25, 0.3) is 0 Å². The summed E-state index contributed by atoms with van der Waals surface area (Å²) in [7, 11) is 1.30. The van der Waals surface area contributed by atoms with Gasteiger partial charge >= 0.3 is 6.09 Å². The van der Waals surface area contributed by atoms with Gasteiger partial charge in [0.15, 0.2) is 0 Å². The molecule has 0 radical (unpaired) electrons. The molecule has 1 saturated carbocycles. The molecular formula is C42H53N7O4. The molecule has 7 atom stereocenters. The van der Waals surface area contributed by atoms with Gasteiger partial charge in [-0.15, -0.1) is 0 Å². The molecule has 2 saturated heterocycles. The number of rotatable bonds is 10. The van der Waals surface area contributed by atoms with E-state index in [-0.39, 0.29) is 29.8 Å². The summed E-state index contributed by atoms with van der Waals surface area (Å²) < 4.78 is 4.78. The van der Waals surface area contributed by atoms with Crippen molar-refractivity contribution >= 4 is 17.6 Å². The van der Waals surface area contributed by atoms with Crippen LogP contribution in [0.4, 0.5) is 4.79 Å². The Kier molecular flexibility index (Phi) is 9.65. The van der Waals surface area contributed by atoms with E-state index >= 15 is 0 Å². The van der Waals surface area contributed by atoms with Crippen molar-refractivity contribution in [2.75, 3.05) is 13.7 Å². The van der Waals surface area contributed by atoms with E-state index in [1.165, 1.54) is 47.9 Å². The molecule has 2 amide bonds. The number of aromatic nitrogens is 4. The number of hydrogen-bond acceptors (Lipinski definition) is 7. The summed E-state index contributed by atoms with van der Waals surface area (Å²) in [5.41, 5.74) is 9.18. The Morgan fingerprint density at radius 1 is 1.15 bits per heavy atom. The fourth-order valence-corrected chi connectivity index (χ4v) is 9.62. The normalized spacial score (nSPS) is 26.1. The molecule has 2 bridgehead atoms. The number of benzene rings is 1. The maximum atomic E-state index is 13.7. The number of aromatic amines is 2. The molecule has 53 heavy (non-hydrogen) atoms. The number of aliphatic hydroxyl groups excluding tert-OH is 1. The number of ether oxygens (including phenoxy) is 1. The number of piperidine rings is 1. The first kappa shape index (κ1) is 35.5. The molecule has 280 valence electrons. The number of likely N-dealkylation sites (tertiary alicyclic amines) is 2. The summed E-state index contributed by atoms with van der Waals surface area (Å²) in [5, 5.41) is 13.8. The SMILES string of the molecule is C=C1CCN(C(=O)C(NC(=O)OC)C(C)C)C1c1ncc(C2C=CC(c3ccc4c(c3)CCc3[nH]c(C5C6CCC(C6)N5C(O)CCC)nc3-4)=CC2)[nH]1. The lowest BCUT2D eigenvalue weighted by molar-refractivity contribution is -0.135. The van der Waals surface area contributed by atoms with Gasteiger partial charge in [-0.05, 0) is 85.5 Å². The van der Waals surface area contributed by atoms with Crippen LogP contribution < -0.4 is 5.32 Å². The first-order valence-corrected chi connectivity index (χ1v) is 19.6. The zero-order valence-corrected chi connectivity index (χ0v) is 31.4. The van der Waals surface area contributed by atoms with E-state index in [4.69, 9.17) is 14.7 Å². The summed E-state index contributed by atoms with van der Waals surface area (Å²) in [4.78, 5) is 47.1. The third-order valence-electron chi connectivity index (χ3n) is 12.4. The van der Waals surface area contributed by atoms with Crippen LogP contribution in [0.2, 0.25) is 0 Å². The Balaban J connectivity index is 0.956. The van der Waals surface area contributed by atoms with Crippen molar-refractivity contribution in [1.82, 2.24) is 35.1 Å². The van der Waals surface area contributed by atoms with Crippen LogP contribution in [-0.4, -0.2) is 78.8 Å². The van der Waals surface area contributed by atoms with Crippen molar-refractivity contribution in [3.8, 4) is 11.3 Å². The number of imidazole rings is 2. The minimum atomic E-state index is -0.708. The van der Waals surface area contributed by atoms with Crippen molar-refractivity contribution < 1.29 is 19.4 Å². The lowest BCUT2D eigenvalue weighted by Gasteiger charge is -2.37. The van der Waals surface area contributed by atoms with Gasteiger partial charge in [0.1, 0.15) is 30.0 Å². The van der Waals surface area contributed by atoms with E-state index in [0.717, 1.165) is 61.3 Å². The number of methoxy groups -OCH3 is 1. The van der Waals surface area contributed by atoms with E-state index < -0.39 is 18.4 Å². The standard InChI is InChI=1S/C42H53N7O4/c1-6-7-34(50)49-30-15-12-29(21-30)38(49)40-44-32-17-14-28-20-27(13-16-31(28)36(32)46-40)25-8-10-26(11-9-25)33-22-43-39(45-33)37-24(4)18-19-48(37)41(51)35(23(2)3)47-42(52)53-5/h8-10,13,16,20,22-23,26,29-30,34-35,37-38,50H,4,6-7,11-12,14-15,17-19,21H2,1-3,5H3,(H,43,45)(H,44,46)(H,47,52). The molecule has 0 spiro atoms. The second-order valence-corrected chi connectivity index (χ2v) is 16.0. The van der Waals surface area contributed by atoms with Crippen LogP contribution in [0, 0.1) is 11.8 Å². The molecule has 5 aliphatic rings. The molecule has 11 heteroatoms. The number of hydrogen-bond donors (Lipinski definition) is 4. The molecule has 4 heterocycles. The summed E-state index contributed by atoms with van der Waals surface area (Å²) in [6.07, 6.45) is 16.3. The highest BCUT2D eigenvalue weighted by Crippen LogP contribution is 2.51. The number of allylic oxidation sites excluding steroid dienone is 4. The largest absolute Gasteiger partial charge is 0.453 e. The van der Waals surface area contributed by atoms with Crippen molar-refractivity contribution in [1.29, 1.82) is 0 Å². The van der Waals surface area contributed by atoms with Crippen molar-refractivity contribution in [3.05, 3.63) is 88.9 Å². The summed E-state index contributed by atoms with van der Waals surface area (Å²) in [6, 6.07) is 6.35. The number of nitrogens with zero attached hydrogens (tertiary/aromatic N) is 4. The summed E-state index contributed by atoms with van der Waals surface area (Å²) >= 11 is 0. The van der Waals surface area contributed by atoms with Gasteiger partial charge < -0.3 is 30.0 Å². The van der Waals surface area contributed by atoms with Gasteiger partial charge in [0.2, 0.25) is 5.91 Å². The van der Waals surface area contributed by atoms with Gasteiger partial charge in [-0.25, -0.2) is 14.8 Å². The van der Waals surface area contributed by atoms with Crippen molar-refractivity contribution in [2.24, 2.45) is 11.8 Å². The van der Waals surface area contributed by atoms with Gasteiger partial charge in [-0.3, -0.25) is 9.69 Å². The van der Waals surface area contributed by atoms with Crippen molar-refractivity contribution in [3.63, 3.8) is 0 Å². The molecular weight excluding hydrogens is 667 g/mol. The number of H-pyrrole nitrogens is 2. The fraction of sp³-hybridized carbons (Fsp3) is 0.524. The summed E-state index contributed by atoms with van der Waals surface area (Å²) in [5.74, 6) is 2.14. The molecule has 8 rings (SSSR count). The smallest absolute Gasteiger partial charge is 0.407 e. The van der Waals surface area contributed by atoms with E-state index in [9.17, 15) is 14.7 Å². The average molecular weight is 720 g/mol. The van der Waals surface area contributed by atoms with Crippen LogP contribution in [0.3, 0.4) is 0 Å². The van der Waals surface area contributed by atoms with Crippen LogP contribution in [-0.2, 0) is 22.4 Å². The molecule has 2 aromatic heterocycles. The highest BCUT2D eigenvalue weighted by atomic mass is 16.5. The van der Waals surface area contributed by atoms with Gasteiger partial charge in [-0.1, -0.05) is 70.2 Å². The molecule has 1 aromatic carbocycles. The zero-order chi connectivity index (χ0) is 37.0. The minimum absolute atomic E-state index is 0.114. The van der Waals surface area contributed by atoms with Gasteiger partial charge in [0.05, 0.1) is 18.8 Å². The van der Waals surface area contributed by atoms with Crippen LogP contribution in [0.1, 0.15) is 118 Å². The number of carbonyl (C=O) groups is 2. The molecule has 11 nitrogen and oxygen atoms in total. The predicted molar refractivity (Wildman–Crippen MR) is 203 cm³/mol. The van der Waals surface area contributed by atoms with E-state index in [1.54, 1.807) is 4.90 Å². The van der Waals surface area contributed by atoms with Crippen LogP contribution >= 0.6 is 0 Å². The Hall–Kier alpha value is -4.48. The number of aliphatic hydroxyl groups is 1. The van der Waals surface area contributed by atoms with Crippen LogP contribution in [0.25, 0.3) is 16.8 Å². The van der Waals surface area contributed by atoms with Crippen LogP contribution in [0.15, 0.2) is 54.8 Å². The quantitative estimate of drug-likeness (QED) is 0.168. The fourth-order valence-electron chi connectivity index (χ4n) is 9.62. The van der Waals surface area contributed by atoms with E-state index in [1.807, 2.05) is 20.0 Å². The van der Waals surface area contributed by atoms with Gasteiger partial charge in [0, 0.05) is 41.7 Å². The van der Waals surface area contributed by atoms with E-state index in [2.05, 4.69) is 70.1 Å². The Labute approximate surface area is 312 Å². The number of fused-ring (bicyclic) bond motifs is 5. The second kappa shape index (κ2) is 14.4. The molecule has 4 N–H and O–H groups in total. The highest BCUT2D eigenvalue weighted by molar-refractivity contribution is 5.87. The third kappa shape index (κ3) is 6.45. The first-order valence-electron chi connectivity index (χ1n) is 19.6. The molecule has 2 aliphatic heterocycles. The average Bonchev–Trinajstić information content (AvgIpc) is 4.01. The molecule has 3 aromatic rings. The number of aryl methyl sites for hydroxylation is 2. The second-order valence-electron chi connectivity index (χ2n) is 16.0. The summed E-state index contributed by atoms with van der Waals surface area (Å²) in [6.45, 7) is 10.7. The maximum absolute atomic E-state index is 13.7. The maximum Gasteiger partial charge on any atom is 0.407 e. The Morgan fingerprint density at radius 3 is 2.75 bits per heavy atom. The van der Waals surface area contributed by atoms with Crippen molar-refractivity contribution in [2.45, 2.75) is 115 Å². The highest BCUT2D eigenvalue weighted by Gasteiger charge is 2.50. The monoisotopic (exact) mass is 719 g/mol. The number of carbonyl (C=O) groups excluding carboxylic acids is 2.